The topological polar surface area (TPSA) is 90.5 Å². The number of likely N-dealkylation sites (tertiary alicyclic amines) is 1. The minimum Gasteiger partial charge on any atom is -0.340 e. The van der Waals surface area contributed by atoms with Crippen molar-refractivity contribution in [2.75, 3.05) is 30.3 Å². The minimum absolute atomic E-state index is 0.0220. The predicted molar refractivity (Wildman–Crippen MR) is 136 cm³/mol. The lowest BCUT2D eigenvalue weighted by Crippen LogP contribution is -2.48. The quantitative estimate of drug-likeness (QED) is 0.498. The zero-order valence-electron chi connectivity index (χ0n) is 20.5. The van der Waals surface area contributed by atoms with Crippen LogP contribution in [-0.2, 0) is 23.9 Å². The van der Waals surface area contributed by atoms with Gasteiger partial charge in [-0.1, -0.05) is 18.2 Å². The fraction of sp³-hybridized carbons (Fsp3) is 0.333. The fourth-order valence-electron chi connectivity index (χ4n) is 4.93. The third-order valence-corrected chi connectivity index (χ3v) is 6.89. The van der Waals surface area contributed by atoms with Crippen LogP contribution in [0.5, 0.6) is 0 Å². The van der Waals surface area contributed by atoms with E-state index in [1.54, 1.807) is 29.3 Å². The number of halogens is 3. The van der Waals surface area contributed by atoms with E-state index in [-0.39, 0.29) is 17.9 Å². The van der Waals surface area contributed by atoms with Gasteiger partial charge in [-0.05, 0) is 60.7 Å². The van der Waals surface area contributed by atoms with Gasteiger partial charge in [0.2, 0.25) is 5.91 Å². The molecule has 1 saturated heterocycles. The van der Waals surface area contributed by atoms with Crippen LogP contribution in [0.4, 0.5) is 35.3 Å². The average Bonchev–Trinajstić information content (AvgIpc) is 2.93. The van der Waals surface area contributed by atoms with Crippen molar-refractivity contribution in [2.45, 2.75) is 32.0 Å². The van der Waals surface area contributed by atoms with E-state index in [0.29, 0.717) is 44.2 Å². The number of hydrogen-bond acceptors (Lipinski definition) is 5. The Labute approximate surface area is 217 Å². The highest BCUT2D eigenvalue weighted by molar-refractivity contribution is 5.89. The number of urea groups is 1. The highest BCUT2D eigenvalue weighted by Gasteiger charge is 2.33. The molecular weight excluding hydrogens is 497 g/mol. The van der Waals surface area contributed by atoms with E-state index in [2.05, 4.69) is 20.6 Å². The Hall–Kier alpha value is -4.15. The number of nitrogens with zero attached hydrogens (tertiary/aromatic N) is 4. The van der Waals surface area contributed by atoms with Crippen molar-refractivity contribution in [3.63, 3.8) is 0 Å². The molecular formula is C27H27F3N6O2. The van der Waals surface area contributed by atoms with Crippen LogP contribution >= 0.6 is 0 Å². The molecule has 0 radical (unpaired) electrons. The standard InChI is InChI=1S/C27H27F3N6O2/c28-27(29,30)20-9-10-24(32-15-20)33-22-7-3-5-18-16-35(14-11-21(18)22)25(37)19-6-4-13-36(17-19)26(38)34-23-8-1-2-12-31-23/h1-3,5,7-10,12,15,19H,4,6,11,13-14,16-17H2,(H,32,33)(H,31,34,38). The maximum Gasteiger partial charge on any atom is 0.417 e. The van der Waals surface area contributed by atoms with E-state index in [4.69, 9.17) is 0 Å². The second-order valence-electron chi connectivity index (χ2n) is 9.44. The molecule has 0 saturated carbocycles. The molecule has 38 heavy (non-hydrogen) atoms. The van der Waals surface area contributed by atoms with Crippen molar-refractivity contribution < 1.29 is 22.8 Å². The number of amides is 3. The number of carbonyl (C=O) groups is 2. The maximum absolute atomic E-state index is 13.4. The van der Waals surface area contributed by atoms with Gasteiger partial charge < -0.3 is 15.1 Å². The summed E-state index contributed by atoms with van der Waals surface area (Å²) in [5.41, 5.74) is 1.94. The molecule has 2 aromatic heterocycles. The van der Waals surface area contributed by atoms with E-state index in [9.17, 15) is 22.8 Å². The van der Waals surface area contributed by atoms with Crippen LogP contribution < -0.4 is 10.6 Å². The third-order valence-electron chi connectivity index (χ3n) is 6.89. The van der Waals surface area contributed by atoms with Crippen molar-refractivity contribution in [1.29, 1.82) is 0 Å². The lowest BCUT2D eigenvalue weighted by molar-refractivity contribution is -0.138. The summed E-state index contributed by atoms with van der Waals surface area (Å²) in [7, 11) is 0. The average molecular weight is 525 g/mol. The minimum atomic E-state index is -4.44. The molecule has 0 aliphatic carbocycles. The van der Waals surface area contributed by atoms with Crippen LogP contribution in [-0.4, -0.2) is 51.3 Å². The van der Waals surface area contributed by atoms with Gasteiger partial charge in [-0.25, -0.2) is 14.8 Å². The first-order valence-electron chi connectivity index (χ1n) is 12.4. The number of alkyl halides is 3. The fourth-order valence-corrected chi connectivity index (χ4v) is 4.93. The highest BCUT2D eigenvalue weighted by atomic mass is 19.4. The third kappa shape index (κ3) is 5.71. The molecule has 3 aromatic rings. The van der Waals surface area contributed by atoms with Gasteiger partial charge in [0.15, 0.2) is 0 Å². The number of aromatic nitrogens is 2. The predicted octanol–water partition coefficient (Wildman–Crippen LogP) is 5.07. The number of carbonyl (C=O) groups excluding carboxylic acids is 2. The van der Waals surface area contributed by atoms with Crippen molar-refractivity contribution >= 4 is 29.3 Å². The van der Waals surface area contributed by atoms with E-state index >= 15 is 0 Å². The molecule has 2 aliphatic heterocycles. The van der Waals surface area contributed by atoms with Crippen LogP contribution in [0, 0.1) is 5.92 Å². The smallest absolute Gasteiger partial charge is 0.340 e. The Morgan fingerprint density at radius 1 is 0.947 bits per heavy atom. The Bertz CT molecular complexity index is 1300. The Kier molecular flexibility index (Phi) is 7.17. The van der Waals surface area contributed by atoms with Gasteiger partial charge in [-0.2, -0.15) is 13.2 Å². The zero-order valence-corrected chi connectivity index (χ0v) is 20.5. The monoisotopic (exact) mass is 524 g/mol. The molecule has 1 unspecified atom stereocenters. The second kappa shape index (κ2) is 10.7. The molecule has 1 fully saturated rings. The van der Waals surface area contributed by atoms with E-state index in [1.165, 1.54) is 6.07 Å². The number of nitrogens with one attached hydrogen (secondary N) is 2. The van der Waals surface area contributed by atoms with Gasteiger partial charge >= 0.3 is 12.2 Å². The van der Waals surface area contributed by atoms with Gasteiger partial charge in [-0.3, -0.25) is 10.1 Å². The molecule has 1 aromatic carbocycles. The molecule has 1 atom stereocenters. The number of piperidine rings is 1. The van der Waals surface area contributed by atoms with Gasteiger partial charge in [0.1, 0.15) is 11.6 Å². The molecule has 2 N–H and O–H groups in total. The molecule has 2 aliphatic rings. The SMILES string of the molecule is O=C(Nc1ccccn1)N1CCCC(C(=O)N2CCc3c(cccc3Nc3ccc(C(F)(F)F)cn3)C2)C1. The molecule has 5 rings (SSSR count). The van der Waals surface area contributed by atoms with Crippen LogP contribution in [0.2, 0.25) is 0 Å². The number of fused-ring (bicyclic) bond motifs is 1. The zero-order chi connectivity index (χ0) is 26.7. The van der Waals surface area contributed by atoms with E-state index < -0.39 is 11.7 Å². The molecule has 198 valence electrons. The van der Waals surface area contributed by atoms with Crippen molar-refractivity contribution in [3.05, 3.63) is 77.6 Å². The normalized spacial score (nSPS) is 17.5. The van der Waals surface area contributed by atoms with Crippen LogP contribution in [0.3, 0.4) is 0 Å². The number of hydrogen-bond donors (Lipinski definition) is 2. The van der Waals surface area contributed by atoms with E-state index in [1.807, 2.05) is 23.1 Å². The Balaban J connectivity index is 1.22. The van der Waals surface area contributed by atoms with Crippen molar-refractivity contribution in [1.82, 2.24) is 19.8 Å². The van der Waals surface area contributed by atoms with Crippen LogP contribution in [0.25, 0.3) is 0 Å². The summed E-state index contributed by atoms with van der Waals surface area (Å²) in [5, 5.41) is 5.90. The van der Waals surface area contributed by atoms with Gasteiger partial charge in [-0.15, -0.1) is 0 Å². The summed E-state index contributed by atoms with van der Waals surface area (Å²) >= 11 is 0. The van der Waals surface area contributed by atoms with Crippen LogP contribution in [0.15, 0.2) is 60.9 Å². The molecule has 11 heteroatoms. The number of anilines is 3. The molecule has 4 heterocycles. The number of benzene rings is 1. The summed E-state index contributed by atoms with van der Waals surface area (Å²) in [6.45, 7) is 1.88. The second-order valence-corrected chi connectivity index (χ2v) is 9.44. The van der Waals surface area contributed by atoms with Crippen molar-refractivity contribution in [2.24, 2.45) is 5.92 Å². The Morgan fingerprint density at radius 2 is 1.82 bits per heavy atom. The summed E-state index contributed by atoms with van der Waals surface area (Å²) < 4.78 is 38.5. The summed E-state index contributed by atoms with van der Waals surface area (Å²) in [6, 6.07) is 13.0. The Morgan fingerprint density at radius 3 is 2.55 bits per heavy atom. The number of pyridine rings is 2. The van der Waals surface area contributed by atoms with Gasteiger partial charge in [0, 0.05) is 44.3 Å². The molecule has 0 bridgehead atoms. The highest BCUT2D eigenvalue weighted by Crippen LogP contribution is 2.32. The summed E-state index contributed by atoms with van der Waals surface area (Å²) in [6.07, 6.45) is 0.0319. The molecule has 8 nitrogen and oxygen atoms in total. The van der Waals surface area contributed by atoms with E-state index in [0.717, 1.165) is 41.9 Å². The lowest BCUT2D eigenvalue weighted by Gasteiger charge is -2.37. The number of rotatable bonds is 4. The molecule has 0 spiro atoms. The largest absolute Gasteiger partial charge is 0.417 e. The first kappa shape index (κ1) is 25.5. The van der Waals surface area contributed by atoms with Gasteiger partial charge in [0.25, 0.3) is 0 Å². The molecule has 3 amide bonds. The lowest BCUT2D eigenvalue weighted by atomic mass is 9.93. The van der Waals surface area contributed by atoms with Gasteiger partial charge in [0.05, 0.1) is 11.5 Å². The van der Waals surface area contributed by atoms with Crippen molar-refractivity contribution in [3.8, 4) is 0 Å². The first-order valence-corrected chi connectivity index (χ1v) is 12.4. The first-order chi connectivity index (χ1) is 18.3. The maximum atomic E-state index is 13.4. The van der Waals surface area contributed by atoms with Crippen LogP contribution in [0.1, 0.15) is 29.5 Å². The summed E-state index contributed by atoms with van der Waals surface area (Å²) in [5.74, 6) is 0.525. The summed E-state index contributed by atoms with van der Waals surface area (Å²) in [4.78, 5) is 37.6.